The van der Waals surface area contributed by atoms with E-state index >= 15 is 0 Å². The summed E-state index contributed by atoms with van der Waals surface area (Å²) in [5.41, 5.74) is 0.290. The summed E-state index contributed by atoms with van der Waals surface area (Å²) in [6.45, 7) is 1.53. The molecular weight excluding hydrogens is 172 g/mol. The predicted octanol–water partition coefficient (Wildman–Crippen LogP) is 0.259. The quantitative estimate of drug-likeness (QED) is 0.629. The second-order valence-corrected chi connectivity index (χ2v) is 2.57. The minimum atomic E-state index is -0.487. The number of ether oxygens (including phenoxy) is 1. The summed E-state index contributed by atoms with van der Waals surface area (Å²) in [5.74, 6) is -0.549. The average Bonchev–Trinajstić information content (AvgIpc) is 2.50. The molecule has 0 radical (unpaired) electrons. The molecule has 0 aliphatic carbocycles. The molecule has 0 amide bonds. The molecule has 0 N–H and O–H groups in total. The number of carbonyl (C=O) groups is 2. The zero-order valence-corrected chi connectivity index (χ0v) is 7.48. The molecule has 0 bridgehead atoms. The van der Waals surface area contributed by atoms with Crippen LogP contribution in [0, 0.1) is 0 Å². The lowest BCUT2D eigenvalue weighted by atomic mass is 10.4. The molecule has 0 atom stereocenters. The molecule has 0 aliphatic heterocycles. The van der Waals surface area contributed by atoms with Crippen molar-refractivity contribution in [3.05, 3.63) is 18.0 Å². The van der Waals surface area contributed by atoms with Gasteiger partial charge in [0.25, 0.3) is 0 Å². The number of rotatable bonds is 3. The average molecular weight is 182 g/mol. The van der Waals surface area contributed by atoms with Crippen LogP contribution >= 0.6 is 0 Å². The lowest BCUT2D eigenvalue weighted by molar-refractivity contribution is -0.117. The first-order valence-corrected chi connectivity index (χ1v) is 3.74. The molecule has 0 aromatic carbocycles. The zero-order valence-electron chi connectivity index (χ0n) is 7.48. The Balaban J connectivity index is 2.89. The highest BCUT2D eigenvalue weighted by atomic mass is 16.5. The molecule has 13 heavy (non-hydrogen) atoms. The van der Waals surface area contributed by atoms with Crippen LogP contribution in [0.2, 0.25) is 0 Å². The number of aromatic nitrogens is 2. The molecule has 1 rings (SSSR count). The fraction of sp³-hybridized carbons (Fsp3) is 0.375. The first-order valence-electron chi connectivity index (χ1n) is 3.74. The van der Waals surface area contributed by atoms with Gasteiger partial charge in [0, 0.05) is 6.20 Å². The van der Waals surface area contributed by atoms with E-state index in [-0.39, 0.29) is 18.0 Å². The van der Waals surface area contributed by atoms with Gasteiger partial charge in [-0.1, -0.05) is 0 Å². The summed E-state index contributed by atoms with van der Waals surface area (Å²) >= 11 is 0. The fourth-order valence-electron chi connectivity index (χ4n) is 0.948. The van der Waals surface area contributed by atoms with Gasteiger partial charge in [0.2, 0.25) is 0 Å². The molecule has 1 aromatic rings. The summed E-state index contributed by atoms with van der Waals surface area (Å²) in [4.78, 5) is 21.8. The molecule has 0 saturated heterocycles. The molecule has 70 valence electrons. The number of esters is 1. The van der Waals surface area contributed by atoms with Crippen molar-refractivity contribution in [2.75, 3.05) is 7.11 Å². The van der Waals surface area contributed by atoms with Gasteiger partial charge in [0.05, 0.1) is 7.11 Å². The lowest BCUT2D eigenvalue weighted by Crippen LogP contribution is -2.15. The molecule has 0 unspecified atom stereocenters. The van der Waals surface area contributed by atoms with Gasteiger partial charge in [0.15, 0.2) is 5.78 Å². The summed E-state index contributed by atoms with van der Waals surface area (Å²) in [6, 6.07) is 1.51. The monoisotopic (exact) mass is 182 g/mol. The second-order valence-electron chi connectivity index (χ2n) is 2.57. The highest BCUT2D eigenvalue weighted by molar-refractivity contribution is 5.88. The first kappa shape index (κ1) is 9.44. The van der Waals surface area contributed by atoms with E-state index in [9.17, 15) is 9.59 Å². The topological polar surface area (TPSA) is 61.2 Å². The van der Waals surface area contributed by atoms with E-state index in [2.05, 4.69) is 9.84 Å². The first-order chi connectivity index (χ1) is 6.15. The number of carbonyl (C=O) groups excluding carboxylic acids is 2. The number of ketones is 1. The van der Waals surface area contributed by atoms with Crippen molar-refractivity contribution in [2.24, 2.45) is 0 Å². The molecule has 0 fully saturated rings. The van der Waals surface area contributed by atoms with Crippen LogP contribution in [-0.2, 0) is 16.1 Å². The van der Waals surface area contributed by atoms with Crippen molar-refractivity contribution >= 4 is 11.8 Å². The van der Waals surface area contributed by atoms with Gasteiger partial charge in [-0.2, -0.15) is 5.10 Å². The fourth-order valence-corrected chi connectivity index (χ4v) is 0.948. The highest BCUT2D eigenvalue weighted by Crippen LogP contribution is 2.00. The van der Waals surface area contributed by atoms with E-state index in [0.29, 0.717) is 0 Å². The standard InChI is InChI=1S/C8H10N2O3/c1-6(11)5-10-7(3-4-9-10)8(12)13-2/h3-4H,5H2,1-2H3. The number of nitrogens with zero attached hydrogens (tertiary/aromatic N) is 2. The van der Waals surface area contributed by atoms with Crippen molar-refractivity contribution in [1.29, 1.82) is 0 Å². The van der Waals surface area contributed by atoms with Crippen LogP contribution in [0.5, 0.6) is 0 Å². The Kier molecular flexibility index (Phi) is 2.79. The molecule has 0 spiro atoms. The summed E-state index contributed by atoms with van der Waals surface area (Å²) in [6.07, 6.45) is 1.45. The second kappa shape index (κ2) is 3.84. The molecule has 5 nitrogen and oxygen atoms in total. The molecule has 1 aromatic heterocycles. The van der Waals surface area contributed by atoms with Crippen LogP contribution in [0.1, 0.15) is 17.4 Å². The van der Waals surface area contributed by atoms with Crippen LogP contribution in [0.3, 0.4) is 0 Å². The third-order valence-electron chi connectivity index (χ3n) is 1.48. The third kappa shape index (κ3) is 2.14. The van der Waals surface area contributed by atoms with E-state index in [1.165, 1.54) is 31.0 Å². The number of hydrogen-bond acceptors (Lipinski definition) is 4. The highest BCUT2D eigenvalue weighted by Gasteiger charge is 2.12. The van der Waals surface area contributed by atoms with E-state index in [4.69, 9.17) is 0 Å². The van der Waals surface area contributed by atoms with Crippen LogP contribution < -0.4 is 0 Å². The minimum Gasteiger partial charge on any atom is -0.464 e. The Hall–Kier alpha value is -1.65. The Morgan fingerprint density at radius 3 is 2.85 bits per heavy atom. The summed E-state index contributed by atoms with van der Waals surface area (Å²) in [7, 11) is 1.29. The number of hydrogen-bond donors (Lipinski definition) is 0. The molecular formula is C8H10N2O3. The van der Waals surface area contributed by atoms with Crippen molar-refractivity contribution in [2.45, 2.75) is 13.5 Å². The maximum Gasteiger partial charge on any atom is 0.356 e. The Labute approximate surface area is 75.3 Å². The zero-order chi connectivity index (χ0) is 9.84. The SMILES string of the molecule is COC(=O)c1ccnn1CC(C)=O. The van der Waals surface area contributed by atoms with Crippen LogP contribution in [0.4, 0.5) is 0 Å². The Bertz CT molecular complexity index is 330. The van der Waals surface area contributed by atoms with E-state index in [1.807, 2.05) is 0 Å². The van der Waals surface area contributed by atoms with Crippen molar-refractivity contribution in [1.82, 2.24) is 9.78 Å². The largest absolute Gasteiger partial charge is 0.464 e. The molecule has 5 heteroatoms. The Morgan fingerprint density at radius 1 is 1.62 bits per heavy atom. The Morgan fingerprint density at radius 2 is 2.31 bits per heavy atom. The van der Waals surface area contributed by atoms with E-state index in [0.717, 1.165) is 0 Å². The van der Waals surface area contributed by atoms with Crippen molar-refractivity contribution < 1.29 is 14.3 Å². The number of methoxy groups -OCH3 is 1. The molecule has 0 aliphatic rings. The molecule has 1 heterocycles. The summed E-state index contributed by atoms with van der Waals surface area (Å²) in [5, 5.41) is 3.82. The van der Waals surface area contributed by atoms with Gasteiger partial charge in [-0.3, -0.25) is 9.48 Å². The smallest absolute Gasteiger partial charge is 0.356 e. The van der Waals surface area contributed by atoms with E-state index in [1.54, 1.807) is 0 Å². The predicted molar refractivity (Wildman–Crippen MR) is 44.2 cm³/mol. The normalized spacial score (nSPS) is 9.69. The third-order valence-corrected chi connectivity index (χ3v) is 1.48. The van der Waals surface area contributed by atoms with Gasteiger partial charge in [-0.05, 0) is 13.0 Å². The maximum absolute atomic E-state index is 11.1. The van der Waals surface area contributed by atoms with Crippen LogP contribution in [0.25, 0.3) is 0 Å². The van der Waals surface area contributed by atoms with Gasteiger partial charge in [0.1, 0.15) is 12.2 Å². The van der Waals surface area contributed by atoms with Crippen LogP contribution in [-0.4, -0.2) is 28.6 Å². The van der Waals surface area contributed by atoms with Gasteiger partial charge >= 0.3 is 5.97 Å². The minimum absolute atomic E-state index is 0.0612. The van der Waals surface area contributed by atoms with Gasteiger partial charge < -0.3 is 4.74 Å². The maximum atomic E-state index is 11.1. The van der Waals surface area contributed by atoms with Gasteiger partial charge in [-0.25, -0.2) is 4.79 Å². The van der Waals surface area contributed by atoms with Crippen molar-refractivity contribution in [3.63, 3.8) is 0 Å². The van der Waals surface area contributed by atoms with Gasteiger partial charge in [-0.15, -0.1) is 0 Å². The van der Waals surface area contributed by atoms with Crippen LogP contribution in [0.15, 0.2) is 12.3 Å². The van der Waals surface area contributed by atoms with E-state index < -0.39 is 5.97 Å². The molecule has 0 saturated carbocycles. The number of Topliss-reactive ketones (excluding diaryl/α,β-unsaturated/α-hetero) is 1. The summed E-state index contributed by atoms with van der Waals surface area (Å²) < 4.78 is 5.82. The van der Waals surface area contributed by atoms with Crippen molar-refractivity contribution in [3.8, 4) is 0 Å². The lowest BCUT2D eigenvalue weighted by Gasteiger charge is -2.02.